The lowest BCUT2D eigenvalue weighted by Crippen LogP contribution is -2.26. The molecule has 3 aliphatic carbocycles. The highest BCUT2D eigenvalue weighted by Gasteiger charge is 2.31. The number of H-pyrrole nitrogens is 4. The van der Waals surface area contributed by atoms with Crippen molar-refractivity contribution in [2.45, 2.75) is 141 Å². The summed E-state index contributed by atoms with van der Waals surface area (Å²) >= 11 is 6.44. The highest BCUT2D eigenvalue weighted by atomic mass is 35.5. The van der Waals surface area contributed by atoms with E-state index < -0.39 is 0 Å². The minimum atomic E-state index is -0.210. The molecule has 16 aromatic rings. The van der Waals surface area contributed by atoms with Gasteiger partial charge in [-0.3, -0.25) is 24.2 Å². The van der Waals surface area contributed by atoms with Crippen LogP contribution in [0.4, 0.5) is 52.2 Å². The summed E-state index contributed by atoms with van der Waals surface area (Å²) in [5.74, 6) is 4.46. The van der Waals surface area contributed by atoms with Crippen molar-refractivity contribution in [2.75, 3.05) is 91.0 Å². The number of aryl methyl sites for hydroxylation is 2. The van der Waals surface area contributed by atoms with Gasteiger partial charge in [0.25, 0.3) is 23.6 Å². The number of carbonyl (C=O) groups excluding carboxylic acids is 4. The Morgan fingerprint density at radius 1 is 0.381 bits per heavy atom. The Morgan fingerprint density at radius 3 is 1.09 bits per heavy atom. The number of rotatable bonds is 28. The maximum absolute atomic E-state index is 12.4. The van der Waals surface area contributed by atoms with Crippen LogP contribution in [0.3, 0.4) is 0 Å². The highest BCUT2D eigenvalue weighted by molar-refractivity contribution is 6.33. The van der Waals surface area contributed by atoms with Gasteiger partial charge in [0.1, 0.15) is 64.3 Å². The van der Waals surface area contributed by atoms with E-state index in [9.17, 15) is 19.2 Å². The van der Waals surface area contributed by atoms with Crippen LogP contribution in [0.25, 0.3) is 88.6 Å². The SMILES string of the molecule is CNC(=O)c1ccc(Nc2nc(OC3CCCC3)c3c(-c4ccc(C5=NN=CC5)cc4)c[nH]c3n2)c(OC)c1.CNC(=O)c1ccc(Nc2nc(OC3CCCC3)c3c(-c4ccc5c(c4)CC=N5)c[nH]c3n2)c(OC)c1.CNC(=O)c1ccc(Nc2nc(OC3CCOCC3)c3c(-c4ccc(C)cc4)c[nH]c3n2)c(Cl)c1.COc1cc(C(=O)N(C)C)ccc1Nc1nc(OC2CCCC2)c2c(-c3ccc(C)cc3)c[nH]c2n1. The molecule has 22 rings (SSSR count). The predicted octanol–water partition coefficient (Wildman–Crippen LogP) is 21.5. The molecule has 0 bridgehead atoms. The highest BCUT2D eigenvalue weighted by Crippen LogP contribution is 2.46. The predicted molar refractivity (Wildman–Crippen MR) is 573 cm³/mol. The second kappa shape index (κ2) is 45.0. The molecule has 4 amide bonds. The lowest BCUT2D eigenvalue weighted by molar-refractivity contribution is 0.0244. The number of benzene rings is 8. The van der Waals surface area contributed by atoms with Gasteiger partial charge in [0.2, 0.25) is 47.3 Å². The maximum Gasteiger partial charge on any atom is 0.253 e. The first kappa shape index (κ1) is 98.9. The number of aliphatic imine (C=N–C) groups is 1. The van der Waals surface area contributed by atoms with E-state index in [0.717, 1.165) is 186 Å². The van der Waals surface area contributed by atoms with E-state index in [1.165, 1.54) is 21.6 Å². The number of hydrogen-bond donors (Lipinski definition) is 11. The van der Waals surface area contributed by atoms with Crippen LogP contribution in [0.15, 0.2) is 204 Å². The third kappa shape index (κ3) is 22.6. The van der Waals surface area contributed by atoms with Crippen molar-refractivity contribution in [1.29, 1.82) is 0 Å². The number of ether oxygens (including phenoxy) is 8. The van der Waals surface area contributed by atoms with Gasteiger partial charge >= 0.3 is 0 Å². The average molecular weight is 2000 g/mol. The van der Waals surface area contributed by atoms with Crippen molar-refractivity contribution in [2.24, 2.45) is 15.2 Å². The molecule has 8 aromatic carbocycles. The third-order valence-electron chi connectivity index (χ3n) is 26.6. The molecule has 0 spiro atoms. The molecular formula is C111H114ClN23O12. The Labute approximate surface area is 853 Å². The van der Waals surface area contributed by atoms with Gasteiger partial charge in [0.05, 0.1) is 95.3 Å². The lowest BCUT2D eigenvalue weighted by atomic mass is 10.0. The fraction of sp³-hybridized carbons (Fsp3) is 0.288. The van der Waals surface area contributed by atoms with Gasteiger partial charge in [-0.05, 0) is 209 Å². The van der Waals surface area contributed by atoms with Gasteiger partial charge in [0.15, 0.2) is 0 Å². The Hall–Kier alpha value is -16.8. The number of aromatic amines is 4. The van der Waals surface area contributed by atoms with Crippen LogP contribution in [-0.2, 0) is 11.2 Å². The fourth-order valence-corrected chi connectivity index (χ4v) is 18.9. The molecule has 752 valence electrons. The zero-order chi connectivity index (χ0) is 102. The van der Waals surface area contributed by atoms with Crippen LogP contribution in [-0.4, -0.2) is 201 Å². The van der Waals surface area contributed by atoms with Crippen molar-refractivity contribution >= 4 is 150 Å². The minimum absolute atomic E-state index is 0.00546. The summed E-state index contributed by atoms with van der Waals surface area (Å²) in [7, 11) is 12.9. The van der Waals surface area contributed by atoms with Crippen molar-refractivity contribution in [3.05, 3.63) is 238 Å². The van der Waals surface area contributed by atoms with Gasteiger partial charge in [-0.2, -0.15) is 50.1 Å². The summed E-state index contributed by atoms with van der Waals surface area (Å²) < 4.78 is 47.9. The standard InChI is InChI=1S/C29H29N7O3.C28H28N6O3.C28H31N5O3.C26H26ClN5O3/c1-30-27(37)19-11-12-23(24(15-19)38-2)33-29-34-26-25(28(35-29)39-20-5-3-4-6-20)21(16-31-26)17-7-9-18(10-8-17)22-13-14-32-36-22;1-29-26(35)18-8-10-22(23(14-18)36-2)32-28-33-25-24(27(34-28)37-19-5-3-4-6-19)20(15-31-25)16-7-9-21-17(13-16)11-12-30-21;1-17-9-11-18(12-10-17)21-16-29-25-24(21)26(36-20-7-5-6-8-20)32-28(31-25)30-22-14-13-19(15-23(22)35-4)27(34)33(2)3;1-15-3-5-16(6-4-15)19-14-29-23-22(19)25(35-18-9-11-34-12-10-18)32-26(31-23)30-21-8-7-17(13-20(21)27)24(33)28-2/h7-12,14-16,20H,3-6,13H2,1-2H3,(H,30,37)(H2,31,33,34,35);7-10,12-15,19H,3-6,11H2,1-2H3,(H,29,35)(H2,31,32,33,34);9-16,20H,5-8H2,1-4H3,(H2,29,30,31,32);3-8,13-14,18H,9-12H2,1-2H3,(H,28,33)(H2,29,30,31,32). The Bertz CT molecular complexity index is 7650. The van der Waals surface area contributed by atoms with Crippen molar-refractivity contribution in [1.82, 2.24) is 80.7 Å². The number of halogens is 1. The smallest absolute Gasteiger partial charge is 0.253 e. The number of nitrogens with one attached hydrogen (secondary N) is 11. The van der Waals surface area contributed by atoms with E-state index in [-0.39, 0.29) is 48.0 Å². The molecule has 35 nitrogen and oxygen atoms in total. The van der Waals surface area contributed by atoms with Gasteiger partial charge in [-0.1, -0.05) is 102 Å². The number of amides is 4. The molecule has 4 fully saturated rings. The Morgan fingerprint density at radius 2 is 0.721 bits per heavy atom. The van der Waals surface area contributed by atoms with Gasteiger partial charge in [-0.25, -0.2) is 0 Å². The first-order valence-corrected chi connectivity index (χ1v) is 49.7. The zero-order valence-corrected chi connectivity index (χ0v) is 84.0. The fourth-order valence-electron chi connectivity index (χ4n) is 18.7. The number of fused-ring (bicyclic) bond motifs is 5. The monoisotopic (exact) mass is 2000 g/mol. The van der Waals surface area contributed by atoms with Crippen LogP contribution < -0.4 is 70.4 Å². The lowest BCUT2D eigenvalue weighted by Gasteiger charge is -2.23. The summed E-state index contributed by atoms with van der Waals surface area (Å²) in [6, 6.07) is 51.9. The molecule has 3 aliphatic heterocycles. The molecule has 8 aromatic heterocycles. The van der Waals surface area contributed by atoms with Crippen LogP contribution in [0.1, 0.15) is 160 Å². The van der Waals surface area contributed by atoms with E-state index >= 15 is 0 Å². The van der Waals surface area contributed by atoms with Crippen LogP contribution in [0.2, 0.25) is 5.02 Å². The minimum Gasteiger partial charge on any atom is -0.495 e. The quantitative estimate of drug-likeness (QED) is 0.0217. The topological polar surface area (TPSA) is 433 Å². The molecule has 11 N–H and O–H groups in total. The van der Waals surface area contributed by atoms with Crippen LogP contribution >= 0.6 is 11.6 Å². The van der Waals surface area contributed by atoms with Crippen molar-refractivity contribution in [3.8, 4) is 85.3 Å². The summed E-state index contributed by atoms with van der Waals surface area (Å²) in [6.45, 7) is 5.46. The maximum atomic E-state index is 12.4. The van der Waals surface area contributed by atoms with Crippen molar-refractivity contribution in [3.63, 3.8) is 0 Å². The average Bonchev–Trinajstić information content (AvgIpc) is 1.65. The molecule has 3 saturated carbocycles. The Kier molecular flexibility index (Phi) is 30.3. The molecular weight excluding hydrogens is 1880 g/mol. The van der Waals surface area contributed by atoms with Crippen LogP contribution in [0, 0.1) is 13.8 Å². The van der Waals surface area contributed by atoms with Gasteiger partial charge in [-0.15, -0.1) is 0 Å². The molecule has 1 saturated heterocycles. The Balaban J connectivity index is 0.000000124. The second-order valence-corrected chi connectivity index (χ2v) is 37.1. The molecule has 0 unspecified atom stereocenters. The first-order valence-electron chi connectivity index (χ1n) is 49.3. The number of anilines is 8. The molecule has 6 aliphatic rings. The van der Waals surface area contributed by atoms with E-state index in [1.807, 2.05) is 37.2 Å². The number of methoxy groups -OCH3 is 3. The molecule has 0 atom stereocenters. The summed E-state index contributed by atoms with van der Waals surface area (Å²) in [4.78, 5) is 106. The number of aromatic nitrogens is 12. The normalized spacial score (nSPS) is 14.4. The number of hydrogen-bond acceptors (Lipinski definition) is 27. The van der Waals surface area contributed by atoms with Gasteiger partial charge < -0.3 is 99.9 Å². The number of carbonyl (C=O) groups is 4. The van der Waals surface area contributed by atoms with Crippen molar-refractivity contribution < 1.29 is 57.1 Å². The van der Waals surface area contributed by atoms with E-state index in [1.54, 1.807) is 129 Å². The summed E-state index contributed by atoms with van der Waals surface area (Å²) in [5, 5.41) is 32.7. The van der Waals surface area contributed by atoms with E-state index in [0.29, 0.717) is 150 Å². The van der Waals surface area contributed by atoms with E-state index in [4.69, 9.17) is 84.4 Å². The first-order chi connectivity index (χ1) is 71.7. The molecule has 11 heterocycles. The van der Waals surface area contributed by atoms with E-state index in [2.05, 4.69) is 182 Å². The number of nitrogens with zero attached hydrogens (tertiary/aromatic N) is 12. The molecule has 147 heavy (non-hydrogen) atoms. The summed E-state index contributed by atoms with van der Waals surface area (Å²) in [6.07, 6.45) is 28.1. The van der Waals surface area contributed by atoms with Crippen LogP contribution in [0.5, 0.6) is 40.8 Å². The summed E-state index contributed by atoms with van der Waals surface area (Å²) in [5.41, 5.74) is 22.0. The molecule has 0 radical (unpaired) electrons. The third-order valence-corrected chi connectivity index (χ3v) is 26.9. The zero-order valence-electron chi connectivity index (χ0n) is 83.2. The second-order valence-electron chi connectivity index (χ2n) is 36.7. The van der Waals surface area contributed by atoms with Gasteiger partial charge in [0, 0.05) is 143 Å². The molecule has 36 heteroatoms. The largest absolute Gasteiger partial charge is 0.495 e.